The fourth-order valence-corrected chi connectivity index (χ4v) is 4.92. The molecule has 2 amide bonds. The van der Waals surface area contributed by atoms with Gasteiger partial charge in [-0.3, -0.25) is 9.59 Å². The van der Waals surface area contributed by atoms with Crippen LogP contribution in [0.5, 0.6) is 17.2 Å². The Hall–Kier alpha value is -5.48. The number of carbonyl (C=O) groups is 2. The van der Waals surface area contributed by atoms with Crippen molar-refractivity contribution in [3.05, 3.63) is 124 Å². The standard InChI is InChI=1S/C35H33ClN4O6/c1-22-5-9-26(10-6-22)38-33(41)21-45-34-30(36)17-25(18-32(34)43-4)19-37-39-35(42)31-16-15-29(46-31)20-44-28-13-11-27(12-14-28)40-23(2)7-8-24(40)3/h5-19H,20-21H2,1-4H3,(H,38,41)(H,39,42)/b37-19+. The van der Waals surface area contributed by atoms with Gasteiger partial charge in [0.2, 0.25) is 0 Å². The molecule has 0 saturated heterocycles. The van der Waals surface area contributed by atoms with Gasteiger partial charge in [-0.25, -0.2) is 5.43 Å². The summed E-state index contributed by atoms with van der Waals surface area (Å²) in [5.41, 5.74) is 8.05. The average molecular weight is 641 g/mol. The fourth-order valence-electron chi connectivity index (χ4n) is 4.65. The molecule has 5 aromatic rings. The number of carbonyl (C=O) groups excluding carboxylic acids is 2. The van der Waals surface area contributed by atoms with Gasteiger partial charge < -0.3 is 28.5 Å². The van der Waals surface area contributed by atoms with Crippen LogP contribution in [0.3, 0.4) is 0 Å². The summed E-state index contributed by atoms with van der Waals surface area (Å²) in [5.74, 6) is 0.842. The minimum atomic E-state index is -0.540. The van der Waals surface area contributed by atoms with E-state index in [9.17, 15) is 9.59 Å². The van der Waals surface area contributed by atoms with Crippen molar-refractivity contribution >= 4 is 35.3 Å². The van der Waals surface area contributed by atoms with E-state index in [1.54, 1.807) is 36.4 Å². The van der Waals surface area contributed by atoms with Crippen LogP contribution in [0.4, 0.5) is 5.69 Å². The number of aryl methyl sites for hydroxylation is 3. The van der Waals surface area contributed by atoms with E-state index in [1.807, 2.05) is 43.3 Å². The first-order valence-electron chi connectivity index (χ1n) is 14.4. The summed E-state index contributed by atoms with van der Waals surface area (Å²) in [4.78, 5) is 24.9. The van der Waals surface area contributed by atoms with Gasteiger partial charge in [0.15, 0.2) is 23.9 Å². The second-order valence-electron chi connectivity index (χ2n) is 10.4. The van der Waals surface area contributed by atoms with Crippen LogP contribution in [0.1, 0.15) is 38.8 Å². The topological polar surface area (TPSA) is 116 Å². The maximum atomic E-state index is 12.6. The lowest BCUT2D eigenvalue weighted by Crippen LogP contribution is -2.20. The molecule has 0 fully saturated rings. The van der Waals surface area contributed by atoms with Gasteiger partial charge in [-0.2, -0.15) is 5.10 Å². The lowest BCUT2D eigenvalue weighted by molar-refractivity contribution is -0.118. The number of furan rings is 1. The zero-order valence-corrected chi connectivity index (χ0v) is 26.6. The summed E-state index contributed by atoms with van der Waals surface area (Å²) in [6, 6.07) is 25.7. The van der Waals surface area contributed by atoms with Gasteiger partial charge in [-0.05, 0) is 99.1 Å². The normalized spacial score (nSPS) is 11.0. The number of hydrogen-bond acceptors (Lipinski definition) is 7. The Labute approximate surface area is 271 Å². The zero-order chi connectivity index (χ0) is 32.6. The third-order valence-corrected chi connectivity index (χ3v) is 7.23. The predicted octanol–water partition coefficient (Wildman–Crippen LogP) is 7.02. The molecule has 46 heavy (non-hydrogen) atoms. The summed E-state index contributed by atoms with van der Waals surface area (Å²) in [6.45, 7) is 5.96. The van der Waals surface area contributed by atoms with Gasteiger partial charge in [0.1, 0.15) is 18.1 Å². The predicted molar refractivity (Wildman–Crippen MR) is 177 cm³/mol. The van der Waals surface area contributed by atoms with Crippen LogP contribution >= 0.6 is 11.6 Å². The van der Waals surface area contributed by atoms with Gasteiger partial charge in [0, 0.05) is 22.8 Å². The number of aromatic nitrogens is 1. The van der Waals surface area contributed by atoms with Crippen LogP contribution in [0.2, 0.25) is 5.02 Å². The zero-order valence-electron chi connectivity index (χ0n) is 25.8. The van der Waals surface area contributed by atoms with Gasteiger partial charge in [-0.15, -0.1) is 0 Å². The summed E-state index contributed by atoms with van der Waals surface area (Å²) in [6.07, 6.45) is 1.40. The Morgan fingerprint density at radius 1 is 0.913 bits per heavy atom. The van der Waals surface area contributed by atoms with E-state index in [0.717, 1.165) is 22.6 Å². The molecule has 10 nitrogen and oxygen atoms in total. The largest absolute Gasteiger partial charge is 0.493 e. The Bertz CT molecular complexity index is 1840. The summed E-state index contributed by atoms with van der Waals surface area (Å²) in [7, 11) is 1.45. The molecule has 0 aliphatic carbocycles. The van der Waals surface area contributed by atoms with Crippen molar-refractivity contribution in [3.8, 4) is 22.9 Å². The summed E-state index contributed by atoms with van der Waals surface area (Å²) >= 11 is 6.42. The molecule has 0 spiro atoms. The molecule has 0 bridgehead atoms. The molecule has 0 aliphatic heterocycles. The first kappa shape index (κ1) is 31.9. The highest BCUT2D eigenvalue weighted by atomic mass is 35.5. The second-order valence-corrected chi connectivity index (χ2v) is 10.8. The number of methoxy groups -OCH3 is 1. The van der Waals surface area contributed by atoms with Gasteiger partial charge in [0.05, 0.1) is 18.3 Å². The number of amides is 2. The van der Waals surface area contributed by atoms with Crippen LogP contribution in [0.15, 0.2) is 94.4 Å². The maximum absolute atomic E-state index is 12.6. The number of halogens is 1. The molecule has 236 valence electrons. The highest BCUT2D eigenvalue weighted by molar-refractivity contribution is 6.32. The van der Waals surface area contributed by atoms with E-state index >= 15 is 0 Å². The smallest absolute Gasteiger partial charge is 0.307 e. The van der Waals surface area contributed by atoms with Gasteiger partial charge in [0.25, 0.3) is 5.91 Å². The lowest BCUT2D eigenvalue weighted by atomic mass is 10.2. The molecule has 2 N–H and O–H groups in total. The lowest BCUT2D eigenvalue weighted by Gasteiger charge is -2.13. The number of nitrogens with one attached hydrogen (secondary N) is 2. The Balaban J connectivity index is 1.12. The van der Waals surface area contributed by atoms with E-state index in [0.29, 0.717) is 28.5 Å². The van der Waals surface area contributed by atoms with Crippen molar-refractivity contribution in [2.75, 3.05) is 19.0 Å². The van der Waals surface area contributed by atoms with E-state index < -0.39 is 5.91 Å². The summed E-state index contributed by atoms with van der Waals surface area (Å²) < 4.78 is 24.7. The highest BCUT2D eigenvalue weighted by Crippen LogP contribution is 2.36. The number of hydrogen-bond donors (Lipinski definition) is 2. The maximum Gasteiger partial charge on any atom is 0.307 e. The fraction of sp³-hybridized carbons (Fsp3) is 0.171. The molecule has 0 unspecified atom stereocenters. The first-order chi connectivity index (χ1) is 22.2. The third-order valence-electron chi connectivity index (χ3n) is 6.95. The molecular weight excluding hydrogens is 608 g/mol. The molecule has 5 rings (SSSR count). The molecular formula is C35H33ClN4O6. The molecule has 0 radical (unpaired) electrons. The molecule has 2 heterocycles. The average Bonchev–Trinajstić information content (AvgIpc) is 3.66. The van der Waals surface area contributed by atoms with E-state index in [2.05, 4.69) is 46.4 Å². The Kier molecular flexibility index (Phi) is 10.1. The Morgan fingerprint density at radius 2 is 1.63 bits per heavy atom. The van der Waals surface area contributed by atoms with Crippen LogP contribution in [0.25, 0.3) is 5.69 Å². The minimum Gasteiger partial charge on any atom is -0.493 e. The molecule has 2 aromatic heterocycles. The van der Waals surface area contributed by atoms with Crippen LogP contribution in [0, 0.1) is 20.8 Å². The molecule has 0 saturated carbocycles. The van der Waals surface area contributed by atoms with Crippen molar-refractivity contribution in [1.82, 2.24) is 9.99 Å². The summed E-state index contributed by atoms with van der Waals surface area (Å²) in [5, 5.41) is 6.96. The minimum absolute atomic E-state index is 0.0768. The van der Waals surface area contributed by atoms with Crippen LogP contribution < -0.4 is 25.0 Å². The Morgan fingerprint density at radius 3 is 2.33 bits per heavy atom. The number of anilines is 1. The third kappa shape index (κ3) is 7.96. The number of rotatable bonds is 12. The number of hydrazone groups is 1. The molecule has 0 atom stereocenters. The molecule has 3 aromatic carbocycles. The molecule has 0 aliphatic rings. The quantitative estimate of drug-likeness (QED) is 0.112. The molecule has 11 heteroatoms. The van der Waals surface area contributed by atoms with Crippen LogP contribution in [-0.2, 0) is 11.4 Å². The van der Waals surface area contributed by atoms with Crippen molar-refractivity contribution in [3.63, 3.8) is 0 Å². The van der Waals surface area contributed by atoms with Gasteiger partial charge >= 0.3 is 5.91 Å². The number of ether oxygens (including phenoxy) is 3. The second kappa shape index (κ2) is 14.5. The number of nitrogens with zero attached hydrogens (tertiary/aromatic N) is 2. The highest BCUT2D eigenvalue weighted by Gasteiger charge is 2.15. The van der Waals surface area contributed by atoms with Crippen molar-refractivity contribution in [2.24, 2.45) is 5.10 Å². The van der Waals surface area contributed by atoms with E-state index in [1.165, 1.54) is 13.3 Å². The number of benzene rings is 3. The van der Waals surface area contributed by atoms with Crippen molar-refractivity contribution < 1.29 is 28.2 Å². The van der Waals surface area contributed by atoms with Crippen LogP contribution in [-0.4, -0.2) is 36.3 Å². The first-order valence-corrected chi connectivity index (χ1v) is 14.7. The monoisotopic (exact) mass is 640 g/mol. The van der Waals surface area contributed by atoms with Gasteiger partial charge in [-0.1, -0.05) is 29.3 Å². The van der Waals surface area contributed by atoms with Crippen molar-refractivity contribution in [2.45, 2.75) is 27.4 Å². The van der Waals surface area contributed by atoms with E-state index in [4.69, 9.17) is 30.2 Å². The van der Waals surface area contributed by atoms with Crippen molar-refractivity contribution in [1.29, 1.82) is 0 Å². The van der Waals surface area contributed by atoms with E-state index in [-0.39, 0.29) is 35.7 Å². The SMILES string of the molecule is COc1cc(/C=N/NC(=O)c2ccc(COc3ccc(-n4c(C)ccc4C)cc3)o2)cc(Cl)c1OCC(=O)Nc1ccc(C)cc1.